The fraction of sp³-hybridized carbons (Fsp3) is 0.0588. The molecule has 0 radical (unpaired) electrons. The van der Waals surface area contributed by atoms with E-state index < -0.39 is 4.92 Å². The van der Waals surface area contributed by atoms with E-state index in [1.807, 2.05) is 24.3 Å². The number of thiophene rings is 1. The lowest BCUT2D eigenvalue weighted by Crippen LogP contribution is -2.21. The Balaban J connectivity index is 1.83. The maximum atomic E-state index is 12.7. The summed E-state index contributed by atoms with van der Waals surface area (Å²) >= 11 is 7.94. The molecule has 0 N–H and O–H groups in total. The highest BCUT2D eigenvalue weighted by Gasteiger charge is 2.14. The number of halogens is 1. The molecule has 0 bridgehead atoms. The predicted molar refractivity (Wildman–Crippen MR) is 98.6 cm³/mol. The predicted octanol–water partition coefficient (Wildman–Crippen LogP) is 4.22. The van der Waals surface area contributed by atoms with Gasteiger partial charge in [-0.15, -0.1) is 11.3 Å². The number of nitro groups is 1. The minimum Gasteiger partial charge on any atom is -0.293 e. The summed E-state index contributed by atoms with van der Waals surface area (Å²) in [6.45, 7) is 0.267. The Labute approximate surface area is 150 Å². The van der Waals surface area contributed by atoms with Gasteiger partial charge in [0.1, 0.15) is 0 Å². The summed E-state index contributed by atoms with van der Waals surface area (Å²) in [6.07, 6.45) is 1.44. The summed E-state index contributed by atoms with van der Waals surface area (Å²) in [5.41, 5.74) is -0.0412. The summed E-state index contributed by atoms with van der Waals surface area (Å²) in [4.78, 5) is 28.2. The minimum absolute atomic E-state index is 0.135. The van der Waals surface area contributed by atoms with Gasteiger partial charge in [-0.25, -0.2) is 4.98 Å². The molecule has 0 aliphatic carbocycles. The Morgan fingerprint density at radius 2 is 2.00 bits per heavy atom. The zero-order valence-electron chi connectivity index (χ0n) is 12.7. The third kappa shape index (κ3) is 2.67. The van der Waals surface area contributed by atoms with E-state index in [1.54, 1.807) is 0 Å². The van der Waals surface area contributed by atoms with E-state index >= 15 is 0 Å². The number of hydrogen-bond donors (Lipinski definition) is 0. The first-order valence-corrected chi connectivity index (χ1v) is 8.53. The molecule has 0 aliphatic heterocycles. The number of nitro benzene ring substituents is 1. The van der Waals surface area contributed by atoms with Crippen molar-refractivity contribution in [2.45, 2.75) is 6.54 Å². The van der Waals surface area contributed by atoms with Gasteiger partial charge < -0.3 is 0 Å². The van der Waals surface area contributed by atoms with Crippen molar-refractivity contribution >= 4 is 49.6 Å². The van der Waals surface area contributed by atoms with Gasteiger partial charge in [-0.3, -0.25) is 19.5 Å². The molecule has 2 aromatic heterocycles. The molecule has 0 unspecified atom stereocenters. The van der Waals surface area contributed by atoms with Crippen LogP contribution < -0.4 is 5.56 Å². The van der Waals surface area contributed by atoms with Crippen molar-refractivity contribution in [2.75, 3.05) is 0 Å². The molecule has 8 heteroatoms. The minimum atomic E-state index is -0.529. The second kappa shape index (κ2) is 5.94. The van der Waals surface area contributed by atoms with Gasteiger partial charge in [0.2, 0.25) is 0 Å². The summed E-state index contributed by atoms with van der Waals surface area (Å²) in [5, 5.41) is 12.7. The van der Waals surface area contributed by atoms with Crippen LogP contribution in [0.25, 0.3) is 21.0 Å². The maximum Gasteiger partial charge on any atom is 0.270 e. The second-order valence-electron chi connectivity index (χ2n) is 5.47. The Bertz CT molecular complexity index is 1200. The van der Waals surface area contributed by atoms with Crippen LogP contribution in [0.2, 0.25) is 5.02 Å². The van der Waals surface area contributed by atoms with Gasteiger partial charge in [-0.2, -0.15) is 0 Å². The third-order valence-electron chi connectivity index (χ3n) is 3.93. The van der Waals surface area contributed by atoms with Crippen LogP contribution >= 0.6 is 22.9 Å². The van der Waals surface area contributed by atoms with Crippen LogP contribution in [0.4, 0.5) is 5.69 Å². The number of nitrogens with zero attached hydrogens (tertiary/aromatic N) is 3. The zero-order valence-corrected chi connectivity index (χ0v) is 14.3. The molecule has 4 aromatic rings. The molecule has 25 heavy (non-hydrogen) atoms. The average molecular weight is 372 g/mol. The van der Waals surface area contributed by atoms with Crippen molar-refractivity contribution in [3.63, 3.8) is 0 Å². The van der Waals surface area contributed by atoms with E-state index in [-0.39, 0.29) is 23.2 Å². The summed E-state index contributed by atoms with van der Waals surface area (Å²) < 4.78 is 2.46. The van der Waals surface area contributed by atoms with Crippen LogP contribution in [-0.4, -0.2) is 14.5 Å². The third-order valence-corrected chi connectivity index (χ3v) is 5.63. The molecule has 2 aromatic carbocycles. The van der Waals surface area contributed by atoms with Crippen LogP contribution in [0, 0.1) is 10.1 Å². The van der Waals surface area contributed by atoms with E-state index in [0.717, 1.165) is 15.0 Å². The first-order valence-electron chi connectivity index (χ1n) is 7.34. The molecule has 6 nitrogen and oxygen atoms in total. The van der Waals surface area contributed by atoms with E-state index in [0.29, 0.717) is 10.5 Å². The summed E-state index contributed by atoms with van der Waals surface area (Å²) in [6, 6.07) is 11.8. The lowest BCUT2D eigenvalue weighted by atomic mass is 10.2. The monoisotopic (exact) mass is 371 g/mol. The fourth-order valence-electron chi connectivity index (χ4n) is 2.69. The van der Waals surface area contributed by atoms with Crippen LogP contribution in [0.5, 0.6) is 0 Å². The van der Waals surface area contributed by atoms with Gasteiger partial charge >= 0.3 is 0 Å². The molecule has 0 saturated carbocycles. The highest BCUT2D eigenvalue weighted by Crippen LogP contribution is 2.35. The van der Waals surface area contributed by atoms with Crippen LogP contribution in [0.1, 0.15) is 4.88 Å². The van der Waals surface area contributed by atoms with Crippen molar-refractivity contribution in [3.8, 4) is 0 Å². The molecule has 4 rings (SSSR count). The Hall–Kier alpha value is -2.77. The number of rotatable bonds is 3. The van der Waals surface area contributed by atoms with Crippen LogP contribution in [0.15, 0.2) is 53.6 Å². The van der Waals surface area contributed by atoms with Gasteiger partial charge in [-0.1, -0.05) is 29.8 Å². The molecule has 0 atom stereocenters. The van der Waals surface area contributed by atoms with Gasteiger partial charge in [-0.05, 0) is 12.1 Å². The first-order chi connectivity index (χ1) is 12.0. The van der Waals surface area contributed by atoms with Crippen molar-refractivity contribution < 1.29 is 4.92 Å². The van der Waals surface area contributed by atoms with Gasteiger partial charge in [0.05, 0.1) is 33.7 Å². The summed E-state index contributed by atoms with van der Waals surface area (Å²) in [7, 11) is 0. The normalized spacial score (nSPS) is 11.2. The zero-order chi connectivity index (χ0) is 17.6. The molecule has 0 spiro atoms. The molecule has 0 amide bonds. The Morgan fingerprint density at radius 3 is 2.76 bits per heavy atom. The van der Waals surface area contributed by atoms with Crippen LogP contribution in [-0.2, 0) is 6.54 Å². The van der Waals surface area contributed by atoms with E-state index in [9.17, 15) is 14.9 Å². The number of fused-ring (bicyclic) bond motifs is 2. The van der Waals surface area contributed by atoms with Crippen molar-refractivity contribution in [1.82, 2.24) is 9.55 Å². The van der Waals surface area contributed by atoms with E-state index in [2.05, 4.69) is 4.98 Å². The highest BCUT2D eigenvalue weighted by molar-refractivity contribution is 7.19. The molecule has 0 aliphatic rings. The molecular weight excluding hydrogens is 362 g/mol. The topological polar surface area (TPSA) is 78.0 Å². The van der Waals surface area contributed by atoms with Gasteiger partial charge in [0.25, 0.3) is 11.2 Å². The van der Waals surface area contributed by atoms with Crippen molar-refractivity contribution in [3.05, 3.63) is 79.2 Å². The molecule has 0 fully saturated rings. The smallest absolute Gasteiger partial charge is 0.270 e. The van der Waals surface area contributed by atoms with E-state index in [4.69, 9.17) is 11.6 Å². The fourth-order valence-corrected chi connectivity index (χ4v) is 4.19. The van der Waals surface area contributed by atoms with Crippen molar-refractivity contribution in [2.24, 2.45) is 0 Å². The lowest BCUT2D eigenvalue weighted by molar-refractivity contribution is -0.384. The number of non-ortho nitro benzene ring substituents is 1. The number of hydrogen-bond acceptors (Lipinski definition) is 5. The quantitative estimate of drug-likeness (QED) is 0.399. The summed E-state index contributed by atoms with van der Waals surface area (Å²) in [5.74, 6) is 0. The molecule has 2 heterocycles. The van der Waals surface area contributed by atoms with E-state index in [1.165, 1.54) is 40.4 Å². The molecule has 0 saturated heterocycles. The highest BCUT2D eigenvalue weighted by atomic mass is 35.5. The largest absolute Gasteiger partial charge is 0.293 e. The first kappa shape index (κ1) is 15.7. The SMILES string of the molecule is O=c1c2cc([N+](=O)[O-])ccc2ncn1Cc1sc2ccccc2c1Cl. The lowest BCUT2D eigenvalue weighted by Gasteiger charge is -2.05. The Kier molecular flexibility index (Phi) is 3.74. The molecule has 124 valence electrons. The maximum absolute atomic E-state index is 12.7. The van der Waals surface area contributed by atoms with Crippen LogP contribution in [0.3, 0.4) is 0 Å². The number of benzene rings is 2. The molecular formula is C17H10ClN3O3S. The number of aromatic nitrogens is 2. The van der Waals surface area contributed by atoms with Gasteiger partial charge in [0.15, 0.2) is 0 Å². The van der Waals surface area contributed by atoms with Gasteiger partial charge in [0, 0.05) is 27.1 Å². The average Bonchev–Trinajstić information content (AvgIpc) is 2.93. The standard InChI is InChI=1S/C17H10ClN3O3S/c18-16-11-3-1-2-4-14(11)25-15(16)8-20-9-19-13-6-5-10(21(23)24)7-12(13)17(20)22/h1-7,9H,8H2. The van der Waals surface area contributed by atoms with Crippen molar-refractivity contribution in [1.29, 1.82) is 0 Å². The Morgan fingerprint density at radius 1 is 1.20 bits per heavy atom. The second-order valence-corrected chi connectivity index (χ2v) is 6.99.